The molecular formula is C17H34O2. The van der Waals surface area contributed by atoms with Gasteiger partial charge in [-0.05, 0) is 33.6 Å². The van der Waals surface area contributed by atoms with Gasteiger partial charge in [-0.15, -0.1) is 0 Å². The lowest BCUT2D eigenvalue weighted by Crippen LogP contribution is -2.19. The van der Waals surface area contributed by atoms with Crippen LogP contribution in [0.25, 0.3) is 0 Å². The maximum atomic E-state index is 11.7. The number of hydrogen-bond donors (Lipinski definition) is 0. The summed E-state index contributed by atoms with van der Waals surface area (Å²) in [6.07, 6.45) is 7.87. The Morgan fingerprint density at radius 2 is 1.26 bits per heavy atom. The van der Waals surface area contributed by atoms with E-state index < -0.39 is 0 Å². The lowest BCUT2D eigenvalue weighted by Gasteiger charge is -2.19. The lowest BCUT2D eigenvalue weighted by molar-refractivity contribution is -0.126. The van der Waals surface area contributed by atoms with E-state index in [0.717, 1.165) is 25.9 Å². The number of carbonyl (C=O) groups excluding carboxylic acids is 1. The fourth-order valence-corrected chi connectivity index (χ4v) is 1.85. The van der Waals surface area contributed by atoms with Crippen molar-refractivity contribution in [2.75, 3.05) is 6.61 Å². The van der Waals surface area contributed by atoms with Crippen LogP contribution in [-0.4, -0.2) is 18.0 Å². The van der Waals surface area contributed by atoms with E-state index in [2.05, 4.69) is 20.8 Å². The molecule has 0 bridgehead atoms. The van der Waals surface area contributed by atoms with Crippen molar-refractivity contribution >= 4 is 5.78 Å². The van der Waals surface area contributed by atoms with E-state index in [-0.39, 0.29) is 11.0 Å². The zero-order valence-corrected chi connectivity index (χ0v) is 14.0. The molecule has 114 valence electrons. The maximum Gasteiger partial charge on any atom is 0.138 e. The van der Waals surface area contributed by atoms with Gasteiger partial charge in [0, 0.05) is 18.4 Å². The number of carbonyl (C=O) groups is 1. The highest BCUT2D eigenvalue weighted by atomic mass is 16.5. The van der Waals surface area contributed by atoms with E-state index in [1.165, 1.54) is 25.7 Å². The predicted octanol–water partition coefficient (Wildman–Crippen LogP) is 5.15. The van der Waals surface area contributed by atoms with Crippen molar-refractivity contribution in [2.24, 2.45) is 5.41 Å². The van der Waals surface area contributed by atoms with E-state index in [4.69, 9.17) is 4.74 Å². The largest absolute Gasteiger partial charge is 0.376 e. The minimum absolute atomic E-state index is 0.00663. The van der Waals surface area contributed by atoms with Crippen molar-refractivity contribution in [3.05, 3.63) is 0 Å². The molecule has 2 heteroatoms. The number of hydrogen-bond acceptors (Lipinski definition) is 2. The quantitative estimate of drug-likeness (QED) is 0.542. The van der Waals surface area contributed by atoms with Gasteiger partial charge in [-0.3, -0.25) is 4.79 Å². The van der Waals surface area contributed by atoms with Crippen LogP contribution in [0.4, 0.5) is 0 Å². The van der Waals surface area contributed by atoms with Gasteiger partial charge >= 0.3 is 0 Å². The molecule has 0 aliphatic carbocycles. The fraction of sp³-hybridized carbons (Fsp3) is 0.941. The summed E-state index contributed by atoms with van der Waals surface area (Å²) in [5, 5.41) is 0. The molecule has 2 nitrogen and oxygen atoms in total. The fourth-order valence-electron chi connectivity index (χ4n) is 1.85. The first-order chi connectivity index (χ1) is 8.63. The van der Waals surface area contributed by atoms with Gasteiger partial charge in [0.1, 0.15) is 5.78 Å². The molecule has 0 atom stereocenters. The van der Waals surface area contributed by atoms with E-state index in [9.17, 15) is 4.79 Å². The van der Waals surface area contributed by atoms with E-state index >= 15 is 0 Å². The van der Waals surface area contributed by atoms with Crippen molar-refractivity contribution in [1.29, 1.82) is 0 Å². The zero-order valence-electron chi connectivity index (χ0n) is 14.0. The molecule has 0 rings (SSSR count). The summed E-state index contributed by atoms with van der Waals surface area (Å²) in [6, 6.07) is 0. The highest BCUT2D eigenvalue weighted by molar-refractivity contribution is 5.83. The second-order valence-corrected chi connectivity index (χ2v) is 7.51. The van der Waals surface area contributed by atoms with Crippen molar-refractivity contribution in [2.45, 2.75) is 92.1 Å². The molecule has 0 fully saturated rings. The summed E-state index contributed by atoms with van der Waals surface area (Å²) in [6.45, 7) is 13.2. The Kier molecular flexibility index (Phi) is 8.56. The number of ether oxygens (including phenoxy) is 1. The first-order valence-electron chi connectivity index (χ1n) is 7.80. The molecule has 0 radical (unpaired) electrons. The first kappa shape index (κ1) is 18.6. The number of unbranched alkanes of at least 4 members (excludes halogenated alkanes) is 5. The van der Waals surface area contributed by atoms with Crippen LogP contribution in [0.5, 0.6) is 0 Å². The van der Waals surface area contributed by atoms with Crippen LogP contribution < -0.4 is 0 Å². The minimum Gasteiger partial charge on any atom is -0.376 e. The monoisotopic (exact) mass is 270 g/mol. The zero-order chi connectivity index (χ0) is 14.9. The Morgan fingerprint density at radius 3 is 1.74 bits per heavy atom. The molecule has 0 N–H and O–H groups in total. The summed E-state index contributed by atoms with van der Waals surface area (Å²) < 4.78 is 5.68. The van der Waals surface area contributed by atoms with E-state index in [1.54, 1.807) is 0 Å². The highest BCUT2D eigenvalue weighted by Crippen LogP contribution is 2.19. The van der Waals surface area contributed by atoms with Crippen LogP contribution in [0, 0.1) is 5.41 Å². The molecule has 0 saturated carbocycles. The average molecular weight is 270 g/mol. The third-order valence-electron chi connectivity index (χ3n) is 3.17. The van der Waals surface area contributed by atoms with Crippen LogP contribution >= 0.6 is 0 Å². The van der Waals surface area contributed by atoms with Gasteiger partial charge in [0.2, 0.25) is 0 Å². The van der Waals surface area contributed by atoms with Gasteiger partial charge < -0.3 is 4.74 Å². The number of Topliss-reactive ketones (excluding diaryl/α,β-unsaturated/α-hetero) is 1. The summed E-state index contributed by atoms with van der Waals surface area (Å²) in [5.41, 5.74) is -0.169. The summed E-state index contributed by atoms with van der Waals surface area (Å²) >= 11 is 0. The topological polar surface area (TPSA) is 26.3 Å². The van der Waals surface area contributed by atoms with Crippen molar-refractivity contribution in [1.82, 2.24) is 0 Å². The summed E-state index contributed by atoms with van der Waals surface area (Å²) in [5.74, 6) is 0.395. The molecule has 0 heterocycles. The summed E-state index contributed by atoms with van der Waals surface area (Å²) in [7, 11) is 0. The standard InChI is InChI=1S/C17H34O2/c1-16(2,3)15(18)13-11-9-7-8-10-12-14-19-17(4,5)6/h7-14H2,1-6H3. The Labute approximate surface area is 120 Å². The highest BCUT2D eigenvalue weighted by Gasteiger charge is 2.19. The Morgan fingerprint density at radius 1 is 0.789 bits per heavy atom. The Bertz CT molecular complexity index is 243. The molecule has 0 aromatic heterocycles. The van der Waals surface area contributed by atoms with Crippen LogP contribution in [0.2, 0.25) is 0 Å². The van der Waals surface area contributed by atoms with Gasteiger partial charge in [0.05, 0.1) is 5.60 Å². The van der Waals surface area contributed by atoms with Gasteiger partial charge in [-0.2, -0.15) is 0 Å². The minimum atomic E-state index is -0.162. The molecule has 0 unspecified atom stereocenters. The molecule has 0 aliphatic rings. The molecule has 0 aliphatic heterocycles. The maximum absolute atomic E-state index is 11.7. The Hall–Kier alpha value is -0.370. The number of ketones is 1. The molecule has 19 heavy (non-hydrogen) atoms. The molecule has 0 spiro atoms. The average Bonchev–Trinajstić information content (AvgIpc) is 2.23. The van der Waals surface area contributed by atoms with Crippen molar-refractivity contribution < 1.29 is 9.53 Å². The van der Waals surface area contributed by atoms with Crippen LogP contribution in [0.3, 0.4) is 0 Å². The van der Waals surface area contributed by atoms with Gasteiger partial charge in [-0.1, -0.05) is 46.5 Å². The van der Waals surface area contributed by atoms with Crippen molar-refractivity contribution in [3.8, 4) is 0 Å². The van der Waals surface area contributed by atoms with Gasteiger partial charge in [0.25, 0.3) is 0 Å². The lowest BCUT2D eigenvalue weighted by atomic mass is 9.88. The molecular weight excluding hydrogens is 236 g/mol. The van der Waals surface area contributed by atoms with Crippen LogP contribution in [0.15, 0.2) is 0 Å². The second kappa shape index (κ2) is 8.73. The third-order valence-corrected chi connectivity index (χ3v) is 3.17. The van der Waals surface area contributed by atoms with Gasteiger partial charge in [0.15, 0.2) is 0 Å². The Balaban J connectivity index is 3.31. The molecule has 0 amide bonds. The normalized spacial score (nSPS) is 12.7. The van der Waals surface area contributed by atoms with E-state index in [0.29, 0.717) is 5.78 Å². The van der Waals surface area contributed by atoms with Gasteiger partial charge in [-0.25, -0.2) is 0 Å². The van der Waals surface area contributed by atoms with Crippen molar-refractivity contribution in [3.63, 3.8) is 0 Å². The summed E-state index contributed by atoms with van der Waals surface area (Å²) in [4.78, 5) is 11.7. The van der Waals surface area contributed by atoms with E-state index in [1.807, 2.05) is 20.8 Å². The SMILES string of the molecule is CC(C)(C)OCCCCCCCCC(=O)C(C)(C)C. The van der Waals surface area contributed by atoms with Crippen LogP contribution in [-0.2, 0) is 9.53 Å². The smallest absolute Gasteiger partial charge is 0.138 e. The van der Waals surface area contributed by atoms with Crippen LogP contribution in [0.1, 0.15) is 86.5 Å². The third kappa shape index (κ3) is 12.4. The number of rotatable bonds is 9. The molecule has 0 saturated heterocycles. The second-order valence-electron chi connectivity index (χ2n) is 7.51. The molecule has 0 aromatic carbocycles. The first-order valence-corrected chi connectivity index (χ1v) is 7.80. The predicted molar refractivity (Wildman–Crippen MR) is 82.5 cm³/mol. The molecule has 0 aromatic rings.